The molecule has 3 rings (SSSR count). The lowest BCUT2D eigenvalue weighted by Crippen LogP contribution is -2.50. The Hall–Kier alpha value is -1.99. The van der Waals surface area contributed by atoms with Crippen LogP contribution in [0.25, 0.3) is 0 Å². The summed E-state index contributed by atoms with van der Waals surface area (Å²) in [4.78, 5) is 30.9. The topological polar surface area (TPSA) is 86.4 Å². The number of likely N-dealkylation sites (tertiary alicyclic amines) is 1. The summed E-state index contributed by atoms with van der Waals surface area (Å²) in [7, 11) is 0. The van der Waals surface area contributed by atoms with Gasteiger partial charge in [0.1, 0.15) is 0 Å². The van der Waals surface area contributed by atoms with Crippen LogP contribution in [-0.4, -0.2) is 47.4 Å². The predicted molar refractivity (Wildman–Crippen MR) is 85.0 cm³/mol. The maximum Gasteiger partial charge on any atom is 0.225 e. The van der Waals surface area contributed by atoms with Crippen LogP contribution >= 0.6 is 0 Å². The average molecular weight is 317 g/mol. The number of nitrogens with one attached hydrogen (secondary N) is 3. The fraction of sp³-hybridized carbons (Fsp3) is 0.562. The number of nitrogens with zero attached hydrogens (tertiary/aromatic N) is 2. The molecule has 2 amide bonds. The van der Waals surface area contributed by atoms with Crippen LogP contribution < -0.4 is 16.2 Å². The molecule has 0 spiro atoms. The van der Waals surface area contributed by atoms with Crippen molar-refractivity contribution in [3.8, 4) is 0 Å². The normalized spacial score (nSPS) is 25.6. The van der Waals surface area contributed by atoms with E-state index in [4.69, 9.17) is 0 Å². The second-order valence-corrected chi connectivity index (χ2v) is 6.02. The van der Waals surface area contributed by atoms with E-state index in [1.165, 1.54) is 0 Å². The lowest BCUT2D eigenvalue weighted by Gasteiger charge is -2.40. The highest BCUT2D eigenvalue weighted by atomic mass is 16.2. The maximum absolute atomic E-state index is 12.8. The molecule has 7 nitrogen and oxygen atoms in total. The molecular formula is C16H23N5O2. The Labute approximate surface area is 135 Å². The number of piperidine rings is 1. The molecule has 2 aliphatic rings. The van der Waals surface area contributed by atoms with E-state index < -0.39 is 0 Å². The third kappa shape index (κ3) is 3.35. The summed E-state index contributed by atoms with van der Waals surface area (Å²) in [5.41, 5.74) is 7.00. The molecule has 1 aromatic rings. The van der Waals surface area contributed by atoms with Crippen LogP contribution in [0.3, 0.4) is 0 Å². The third-order valence-electron chi connectivity index (χ3n) is 4.60. The molecule has 124 valence electrons. The van der Waals surface area contributed by atoms with Crippen LogP contribution in [0.4, 0.5) is 0 Å². The highest BCUT2D eigenvalue weighted by Gasteiger charge is 2.40. The van der Waals surface area contributed by atoms with E-state index in [9.17, 15) is 9.59 Å². The van der Waals surface area contributed by atoms with Crippen molar-refractivity contribution in [3.63, 3.8) is 0 Å². The molecule has 0 aromatic carbocycles. The Morgan fingerprint density at radius 1 is 1.35 bits per heavy atom. The van der Waals surface area contributed by atoms with E-state index in [0.29, 0.717) is 19.4 Å². The number of amides is 2. The smallest absolute Gasteiger partial charge is 0.225 e. The first-order valence-electron chi connectivity index (χ1n) is 8.16. The maximum atomic E-state index is 12.8. The van der Waals surface area contributed by atoms with Gasteiger partial charge < -0.3 is 10.2 Å². The molecule has 0 saturated carbocycles. The Bertz CT molecular complexity index is 559. The summed E-state index contributed by atoms with van der Waals surface area (Å²) in [5.74, 6) is -0.0912. The summed E-state index contributed by atoms with van der Waals surface area (Å²) in [6.45, 7) is 3.99. The van der Waals surface area contributed by atoms with Crippen LogP contribution in [0.5, 0.6) is 0 Å². The minimum Gasteiger partial charge on any atom is -0.350 e. The quantitative estimate of drug-likeness (QED) is 0.726. The summed E-state index contributed by atoms with van der Waals surface area (Å²) >= 11 is 0. The van der Waals surface area contributed by atoms with E-state index >= 15 is 0 Å². The number of hydrogen-bond acceptors (Lipinski definition) is 5. The summed E-state index contributed by atoms with van der Waals surface area (Å²) in [5, 5.41) is 3.09. The van der Waals surface area contributed by atoms with Crippen molar-refractivity contribution in [1.29, 1.82) is 0 Å². The number of carbonyl (C=O) groups excluding carboxylic acids is 2. The Morgan fingerprint density at radius 2 is 2.04 bits per heavy atom. The van der Waals surface area contributed by atoms with Crippen molar-refractivity contribution in [2.24, 2.45) is 5.92 Å². The Kier molecular flexibility index (Phi) is 4.88. The largest absolute Gasteiger partial charge is 0.350 e. The number of rotatable bonds is 4. The molecule has 0 radical (unpaired) electrons. The molecule has 2 fully saturated rings. The van der Waals surface area contributed by atoms with Gasteiger partial charge in [-0.25, -0.2) is 0 Å². The van der Waals surface area contributed by atoms with Gasteiger partial charge in [-0.05, 0) is 31.0 Å². The minimum absolute atomic E-state index is 0.0215. The van der Waals surface area contributed by atoms with E-state index in [-0.39, 0.29) is 29.8 Å². The number of hydrazine groups is 1. The molecule has 0 aliphatic carbocycles. The first-order valence-corrected chi connectivity index (χ1v) is 8.16. The zero-order valence-corrected chi connectivity index (χ0v) is 13.3. The van der Waals surface area contributed by atoms with Crippen molar-refractivity contribution in [2.45, 2.75) is 31.8 Å². The average Bonchev–Trinajstić information content (AvgIpc) is 3.08. The van der Waals surface area contributed by atoms with Gasteiger partial charge in [-0.15, -0.1) is 0 Å². The van der Waals surface area contributed by atoms with E-state index in [1.807, 2.05) is 24.0 Å². The van der Waals surface area contributed by atoms with Gasteiger partial charge in [-0.1, -0.05) is 0 Å². The van der Waals surface area contributed by atoms with Gasteiger partial charge in [0.15, 0.2) is 0 Å². The third-order valence-corrected chi connectivity index (χ3v) is 4.60. The van der Waals surface area contributed by atoms with Gasteiger partial charge in [-0.3, -0.25) is 25.4 Å². The first-order chi connectivity index (χ1) is 11.2. The van der Waals surface area contributed by atoms with Gasteiger partial charge in [0, 0.05) is 38.4 Å². The minimum atomic E-state index is -0.226. The molecule has 3 N–H and O–H groups in total. The number of hydrogen-bond donors (Lipinski definition) is 3. The van der Waals surface area contributed by atoms with Gasteiger partial charge in [0.2, 0.25) is 11.8 Å². The Balaban J connectivity index is 1.83. The molecule has 2 atom stereocenters. The van der Waals surface area contributed by atoms with Crippen molar-refractivity contribution < 1.29 is 9.59 Å². The SMILES string of the molecule is CCN1C(=O)CC[C@H](C(=O)NC2CNNC2)[C@H]1c1ccncc1. The zero-order valence-electron chi connectivity index (χ0n) is 13.3. The van der Waals surface area contributed by atoms with Crippen LogP contribution in [0, 0.1) is 5.92 Å². The molecule has 23 heavy (non-hydrogen) atoms. The Morgan fingerprint density at radius 3 is 2.70 bits per heavy atom. The van der Waals surface area contributed by atoms with E-state index in [1.54, 1.807) is 12.4 Å². The van der Waals surface area contributed by atoms with Gasteiger partial charge in [0.05, 0.1) is 18.0 Å². The molecule has 2 aliphatic heterocycles. The highest BCUT2D eigenvalue weighted by molar-refractivity contribution is 5.85. The number of carbonyl (C=O) groups is 2. The van der Waals surface area contributed by atoms with Crippen LogP contribution in [0.1, 0.15) is 31.4 Å². The van der Waals surface area contributed by atoms with Crippen molar-refractivity contribution in [2.75, 3.05) is 19.6 Å². The summed E-state index contributed by atoms with van der Waals surface area (Å²) in [6, 6.07) is 3.66. The number of aromatic nitrogens is 1. The molecule has 0 unspecified atom stereocenters. The van der Waals surface area contributed by atoms with Crippen LogP contribution in [-0.2, 0) is 9.59 Å². The zero-order chi connectivity index (χ0) is 16.2. The van der Waals surface area contributed by atoms with Crippen LogP contribution in [0.2, 0.25) is 0 Å². The lowest BCUT2D eigenvalue weighted by atomic mass is 9.83. The predicted octanol–water partition coefficient (Wildman–Crippen LogP) is -0.0262. The fourth-order valence-corrected chi connectivity index (χ4v) is 3.45. The summed E-state index contributed by atoms with van der Waals surface area (Å²) < 4.78 is 0. The second-order valence-electron chi connectivity index (χ2n) is 6.02. The van der Waals surface area contributed by atoms with Gasteiger partial charge in [-0.2, -0.15) is 0 Å². The lowest BCUT2D eigenvalue weighted by molar-refractivity contribution is -0.143. The van der Waals surface area contributed by atoms with Crippen molar-refractivity contribution >= 4 is 11.8 Å². The molecule has 7 heteroatoms. The monoisotopic (exact) mass is 317 g/mol. The molecule has 0 bridgehead atoms. The standard InChI is InChI=1S/C16H23N5O2/c1-2-21-14(22)4-3-13(15(21)11-5-7-17-8-6-11)16(23)20-12-9-18-19-10-12/h5-8,12-13,15,18-19H,2-4,9-10H2,1H3,(H,20,23)/t13-,15+/m0/s1. The van der Waals surface area contributed by atoms with Crippen LogP contribution in [0.15, 0.2) is 24.5 Å². The van der Waals surface area contributed by atoms with Gasteiger partial charge >= 0.3 is 0 Å². The molecule has 3 heterocycles. The van der Waals surface area contributed by atoms with E-state index in [2.05, 4.69) is 21.2 Å². The number of pyridine rings is 1. The summed E-state index contributed by atoms with van der Waals surface area (Å²) in [6.07, 6.45) is 4.43. The molecule has 2 saturated heterocycles. The fourth-order valence-electron chi connectivity index (χ4n) is 3.45. The first kappa shape index (κ1) is 15.9. The highest BCUT2D eigenvalue weighted by Crippen LogP contribution is 2.36. The molecular weight excluding hydrogens is 294 g/mol. The molecule has 1 aromatic heterocycles. The van der Waals surface area contributed by atoms with Crippen molar-refractivity contribution in [3.05, 3.63) is 30.1 Å². The second kappa shape index (κ2) is 7.06. The van der Waals surface area contributed by atoms with E-state index in [0.717, 1.165) is 18.7 Å². The van der Waals surface area contributed by atoms with Gasteiger partial charge in [0.25, 0.3) is 0 Å². The van der Waals surface area contributed by atoms with Crippen molar-refractivity contribution in [1.82, 2.24) is 26.1 Å².